The topological polar surface area (TPSA) is 76.0 Å². The molecular formula is C28H44O5. The van der Waals surface area contributed by atoms with Crippen LogP contribution < -0.4 is 4.74 Å². The molecule has 3 rings (SSSR count). The van der Waals surface area contributed by atoms with Crippen LogP contribution in [0.25, 0.3) is 0 Å². The number of aliphatic hydroxyl groups is 2. The maximum atomic E-state index is 12.1. The van der Waals surface area contributed by atoms with Gasteiger partial charge in [-0.05, 0) is 78.9 Å². The summed E-state index contributed by atoms with van der Waals surface area (Å²) in [4.78, 5) is 12.1. The van der Waals surface area contributed by atoms with Crippen LogP contribution in [0.2, 0.25) is 0 Å². The average molecular weight is 461 g/mol. The van der Waals surface area contributed by atoms with Gasteiger partial charge in [0, 0.05) is 0 Å². The summed E-state index contributed by atoms with van der Waals surface area (Å²) in [6.45, 7) is 8.56. The molecular weight excluding hydrogens is 416 g/mol. The van der Waals surface area contributed by atoms with E-state index in [0.717, 1.165) is 50.7 Å². The molecule has 0 saturated heterocycles. The number of benzene rings is 1. The van der Waals surface area contributed by atoms with E-state index < -0.39 is 0 Å². The summed E-state index contributed by atoms with van der Waals surface area (Å²) in [5, 5.41) is 21.2. The predicted octanol–water partition coefficient (Wildman–Crippen LogP) is 5.09. The number of carbonyl (C=O) groups excluding carboxylic acids is 1. The number of carbonyl (C=O) groups is 1. The molecule has 186 valence electrons. The Labute approximate surface area is 199 Å². The molecule has 5 atom stereocenters. The number of aliphatic hydroxyl groups excluding tert-OH is 2. The van der Waals surface area contributed by atoms with Crippen molar-refractivity contribution in [1.29, 1.82) is 0 Å². The molecule has 0 bridgehead atoms. The van der Waals surface area contributed by atoms with Crippen molar-refractivity contribution in [3.63, 3.8) is 0 Å². The molecule has 1 aromatic rings. The Kier molecular flexibility index (Phi) is 9.23. The second-order valence-electron chi connectivity index (χ2n) is 11.4. The van der Waals surface area contributed by atoms with Gasteiger partial charge in [-0.25, -0.2) is 4.79 Å². The summed E-state index contributed by atoms with van der Waals surface area (Å²) in [6, 6.07) is 6.08. The number of hydrogen-bond acceptors (Lipinski definition) is 5. The van der Waals surface area contributed by atoms with E-state index in [1.807, 2.05) is 32.9 Å². The fourth-order valence-corrected chi connectivity index (χ4v) is 5.57. The number of hydrogen-bond donors (Lipinski definition) is 2. The second kappa shape index (κ2) is 11.7. The lowest BCUT2D eigenvalue weighted by Gasteiger charge is -2.32. The van der Waals surface area contributed by atoms with Crippen LogP contribution in [0.15, 0.2) is 18.2 Å². The number of fused-ring (bicyclic) bond motifs is 2. The van der Waals surface area contributed by atoms with Gasteiger partial charge in [-0.15, -0.1) is 0 Å². The van der Waals surface area contributed by atoms with E-state index >= 15 is 0 Å². The van der Waals surface area contributed by atoms with Gasteiger partial charge in [-0.2, -0.15) is 0 Å². The Morgan fingerprint density at radius 2 is 1.97 bits per heavy atom. The monoisotopic (exact) mass is 460 g/mol. The van der Waals surface area contributed by atoms with E-state index in [2.05, 4.69) is 13.0 Å². The van der Waals surface area contributed by atoms with Crippen LogP contribution in [0.5, 0.6) is 5.75 Å². The first-order valence-electron chi connectivity index (χ1n) is 12.9. The fourth-order valence-electron chi connectivity index (χ4n) is 5.57. The van der Waals surface area contributed by atoms with Crippen molar-refractivity contribution >= 4 is 5.97 Å². The Morgan fingerprint density at radius 1 is 1.18 bits per heavy atom. The summed E-state index contributed by atoms with van der Waals surface area (Å²) in [5.41, 5.74) is 2.37. The average Bonchev–Trinajstić information content (AvgIpc) is 3.06. The van der Waals surface area contributed by atoms with Crippen LogP contribution in [-0.4, -0.2) is 41.6 Å². The number of ether oxygens (including phenoxy) is 2. The third-order valence-electron chi connectivity index (χ3n) is 7.33. The highest BCUT2D eigenvalue weighted by atomic mass is 16.6. The molecule has 2 aliphatic carbocycles. The maximum Gasteiger partial charge on any atom is 0.344 e. The molecule has 33 heavy (non-hydrogen) atoms. The van der Waals surface area contributed by atoms with Crippen LogP contribution in [0.4, 0.5) is 0 Å². The summed E-state index contributed by atoms with van der Waals surface area (Å²) in [5.74, 6) is 1.55. The highest BCUT2D eigenvalue weighted by molar-refractivity contribution is 5.71. The Hall–Kier alpha value is -1.59. The predicted molar refractivity (Wildman–Crippen MR) is 130 cm³/mol. The SMILES string of the molecule is CCCCC[C@@H](O)CC[C@@H]1[C@H]2Cc3cccc(OCC(=O)OCC(C)(C)C)c3C[C@H]2C[C@H]1O. The molecule has 0 aliphatic heterocycles. The van der Waals surface area contributed by atoms with Gasteiger partial charge < -0.3 is 19.7 Å². The Balaban J connectivity index is 1.57. The molecule has 0 heterocycles. The van der Waals surface area contributed by atoms with Crippen molar-refractivity contribution in [2.45, 2.75) is 97.7 Å². The van der Waals surface area contributed by atoms with E-state index in [1.54, 1.807) is 0 Å². The number of esters is 1. The lowest BCUT2D eigenvalue weighted by Crippen LogP contribution is -2.28. The molecule has 0 amide bonds. The molecule has 0 aromatic heterocycles. The van der Waals surface area contributed by atoms with Gasteiger partial charge in [0.05, 0.1) is 18.8 Å². The summed E-state index contributed by atoms with van der Waals surface area (Å²) in [7, 11) is 0. The quantitative estimate of drug-likeness (QED) is 0.355. The van der Waals surface area contributed by atoms with Gasteiger partial charge in [0.25, 0.3) is 0 Å². The van der Waals surface area contributed by atoms with Crippen LogP contribution in [0.1, 0.15) is 83.8 Å². The zero-order valence-electron chi connectivity index (χ0n) is 21.0. The van der Waals surface area contributed by atoms with Gasteiger partial charge in [-0.1, -0.05) is 59.1 Å². The van der Waals surface area contributed by atoms with Gasteiger partial charge in [0.1, 0.15) is 5.75 Å². The Bertz CT molecular complexity index is 768. The summed E-state index contributed by atoms with van der Waals surface area (Å²) < 4.78 is 11.2. The molecule has 0 unspecified atom stereocenters. The largest absolute Gasteiger partial charge is 0.482 e. The van der Waals surface area contributed by atoms with E-state index in [-0.39, 0.29) is 36.1 Å². The zero-order valence-corrected chi connectivity index (χ0v) is 21.0. The Morgan fingerprint density at radius 3 is 2.70 bits per heavy atom. The van der Waals surface area contributed by atoms with Crippen molar-refractivity contribution in [3.8, 4) is 5.75 Å². The van der Waals surface area contributed by atoms with Crippen molar-refractivity contribution in [2.75, 3.05) is 13.2 Å². The normalized spacial score (nSPS) is 25.3. The van der Waals surface area contributed by atoms with Crippen LogP contribution >= 0.6 is 0 Å². The smallest absolute Gasteiger partial charge is 0.344 e. The van der Waals surface area contributed by atoms with Gasteiger partial charge in [0.2, 0.25) is 0 Å². The van der Waals surface area contributed by atoms with E-state index in [4.69, 9.17) is 9.47 Å². The minimum absolute atomic E-state index is 0.0675. The second-order valence-corrected chi connectivity index (χ2v) is 11.4. The molecule has 1 aromatic carbocycles. The third-order valence-corrected chi connectivity index (χ3v) is 7.33. The fraction of sp³-hybridized carbons (Fsp3) is 0.750. The molecule has 2 aliphatic rings. The minimum atomic E-state index is -0.343. The standard InChI is InChI=1S/C28H44O5/c1-5-6-7-10-21(29)12-13-22-23-14-19-9-8-11-26(24(19)15-20(23)16-25(22)30)32-17-27(31)33-18-28(2,3)4/h8-9,11,20-23,25,29-30H,5-7,10,12-18H2,1-4H3/t20-,21+,22+,23-,25+/m0/s1. The van der Waals surface area contributed by atoms with Gasteiger partial charge in [-0.3, -0.25) is 0 Å². The number of rotatable bonds is 11. The molecule has 0 spiro atoms. The first-order valence-corrected chi connectivity index (χ1v) is 12.9. The molecule has 0 radical (unpaired) electrons. The molecule has 2 N–H and O–H groups in total. The van der Waals surface area contributed by atoms with E-state index in [0.29, 0.717) is 18.4 Å². The minimum Gasteiger partial charge on any atom is -0.482 e. The first kappa shape index (κ1) is 26.0. The van der Waals surface area contributed by atoms with Crippen LogP contribution in [0, 0.1) is 23.2 Å². The zero-order chi connectivity index (χ0) is 24.0. The highest BCUT2D eigenvalue weighted by Crippen LogP contribution is 2.48. The summed E-state index contributed by atoms with van der Waals surface area (Å²) >= 11 is 0. The highest BCUT2D eigenvalue weighted by Gasteiger charge is 2.44. The van der Waals surface area contributed by atoms with E-state index in [9.17, 15) is 15.0 Å². The third kappa shape index (κ3) is 7.45. The molecule has 1 fully saturated rings. The van der Waals surface area contributed by atoms with Crippen molar-refractivity contribution in [2.24, 2.45) is 23.2 Å². The molecule has 5 heteroatoms. The lowest BCUT2D eigenvalue weighted by molar-refractivity contribution is -0.148. The van der Waals surface area contributed by atoms with Gasteiger partial charge in [0.15, 0.2) is 6.61 Å². The molecule has 1 saturated carbocycles. The lowest BCUT2D eigenvalue weighted by atomic mass is 9.73. The van der Waals surface area contributed by atoms with Gasteiger partial charge >= 0.3 is 5.97 Å². The summed E-state index contributed by atoms with van der Waals surface area (Å²) in [6.07, 6.45) is 8.02. The maximum absolute atomic E-state index is 12.1. The van der Waals surface area contributed by atoms with Crippen molar-refractivity contribution < 1.29 is 24.5 Å². The van der Waals surface area contributed by atoms with Crippen molar-refractivity contribution in [1.82, 2.24) is 0 Å². The van der Waals surface area contributed by atoms with Crippen LogP contribution in [-0.2, 0) is 22.4 Å². The van der Waals surface area contributed by atoms with Crippen LogP contribution in [0.3, 0.4) is 0 Å². The van der Waals surface area contributed by atoms with E-state index in [1.165, 1.54) is 24.0 Å². The van der Waals surface area contributed by atoms with Crippen molar-refractivity contribution in [3.05, 3.63) is 29.3 Å². The molecule has 5 nitrogen and oxygen atoms in total. The number of unbranched alkanes of at least 4 members (excludes halogenated alkanes) is 2. The first-order chi connectivity index (χ1) is 15.7.